The van der Waals surface area contributed by atoms with Gasteiger partial charge in [-0.25, -0.2) is 13.2 Å². The first-order valence-electron chi connectivity index (χ1n) is 10.7. The maximum atomic E-state index is 12.6. The second-order valence-electron chi connectivity index (χ2n) is 8.34. The summed E-state index contributed by atoms with van der Waals surface area (Å²) in [6.45, 7) is 0.999. The zero-order valence-corrected chi connectivity index (χ0v) is 19.2. The van der Waals surface area contributed by atoms with Crippen LogP contribution in [0.2, 0.25) is 0 Å². The molecule has 1 aliphatic rings. The van der Waals surface area contributed by atoms with E-state index >= 15 is 0 Å². The molecule has 1 aliphatic heterocycles. The lowest BCUT2D eigenvalue weighted by atomic mass is 10.1. The van der Waals surface area contributed by atoms with Crippen LogP contribution in [0.1, 0.15) is 12.8 Å². The Hall–Kier alpha value is -2.62. The molecule has 1 amide bonds. The minimum atomic E-state index is -3.59. The summed E-state index contributed by atoms with van der Waals surface area (Å²) in [5, 5.41) is 13.2. The molecule has 0 saturated carbocycles. The van der Waals surface area contributed by atoms with Crippen molar-refractivity contribution in [2.75, 3.05) is 33.0 Å². The molecule has 0 bridgehead atoms. The Bertz CT molecular complexity index is 1170. The molecule has 9 heteroatoms. The van der Waals surface area contributed by atoms with E-state index in [-0.39, 0.29) is 19.6 Å². The number of methoxy groups -OCH3 is 1. The third-order valence-corrected chi connectivity index (χ3v) is 7.43. The molecule has 0 spiro atoms. The normalized spacial score (nSPS) is 18.4. The predicted molar refractivity (Wildman–Crippen MR) is 124 cm³/mol. The number of rotatable bonds is 6. The second kappa shape index (κ2) is 9.09. The Labute approximate surface area is 188 Å². The van der Waals surface area contributed by atoms with Crippen molar-refractivity contribution in [3.8, 4) is 0 Å². The van der Waals surface area contributed by atoms with Gasteiger partial charge in [0.05, 0.1) is 26.0 Å². The van der Waals surface area contributed by atoms with E-state index in [1.165, 1.54) is 16.3 Å². The van der Waals surface area contributed by atoms with E-state index in [2.05, 4.69) is 0 Å². The number of para-hydroxylation sites is 2. The molecule has 3 aromatic rings. The summed E-state index contributed by atoms with van der Waals surface area (Å²) < 4.78 is 33.4. The van der Waals surface area contributed by atoms with Gasteiger partial charge in [-0.05, 0) is 25.0 Å². The molecule has 0 radical (unpaired) electrons. The van der Waals surface area contributed by atoms with E-state index in [4.69, 9.17) is 4.74 Å². The first-order valence-corrected chi connectivity index (χ1v) is 12.6. The number of nitrogens with zero attached hydrogens (tertiary/aromatic N) is 3. The number of aliphatic hydroxyl groups is 1. The van der Waals surface area contributed by atoms with Gasteiger partial charge in [0.25, 0.3) is 0 Å². The van der Waals surface area contributed by atoms with Crippen molar-refractivity contribution in [3.63, 3.8) is 0 Å². The van der Waals surface area contributed by atoms with Gasteiger partial charge in [-0.15, -0.1) is 0 Å². The average Bonchev–Trinajstić information content (AvgIpc) is 3.10. The van der Waals surface area contributed by atoms with Crippen molar-refractivity contribution in [3.05, 3.63) is 48.5 Å². The molecule has 8 nitrogen and oxygen atoms in total. The van der Waals surface area contributed by atoms with Gasteiger partial charge in [0.2, 0.25) is 10.0 Å². The van der Waals surface area contributed by atoms with Crippen LogP contribution >= 0.6 is 0 Å². The molecular formula is C23H29N3O5S. The smallest absolute Gasteiger partial charge is 0.409 e. The van der Waals surface area contributed by atoms with Crippen LogP contribution in [0.25, 0.3) is 21.8 Å². The number of ether oxygens (including phenoxy) is 1. The number of hydrogen-bond donors (Lipinski definition) is 1. The zero-order chi connectivity index (χ0) is 22.9. The van der Waals surface area contributed by atoms with Crippen LogP contribution in [-0.4, -0.2) is 78.5 Å². The highest BCUT2D eigenvalue weighted by molar-refractivity contribution is 7.88. The summed E-state index contributed by atoms with van der Waals surface area (Å²) in [5.74, 6) is 0. The molecule has 0 aliphatic carbocycles. The van der Waals surface area contributed by atoms with Crippen molar-refractivity contribution in [1.29, 1.82) is 0 Å². The SMILES string of the molecule is COC(=O)N1CCCC(N(CC(O)Cn2c3ccccc3c3ccccc32)S(C)(=O)=O)C1. The molecule has 1 N–H and O–H groups in total. The Morgan fingerprint density at radius 2 is 1.75 bits per heavy atom. The Morgan fingerprint density at radius 1 is 1.16 bits per heavy atom. The molecule has 1 saturated heterocycles. The van der Waals surface area contributed by atoms with Gasteiger partial charge < -0.3 is 19.3 Å². The third kappa shape index (κ3) is 4.46. The van der Waals surface area contributed by atoms with Crippen molar-refractivity contribution >= 4 is 37.9 Å². The van der Waals surface area contributed by atoms with Gasteiger partial charge in [-0.1, -0.05) is 36.4 Å². The summed E-state index contributed by atoms with van der Waals surface area (Å²) in [5.41, 5.74) is 1.99. The van der Waals surface area contributed by atoms with E-state index in [9.17, 15) is 18.3 Å². The molecular weight excluding hydrogens is 430 g/mol. The highest BCUT2D eigenvalue weighted by atomic mass is 32.2. The van der Waals surface area contributed by atoms with E-state index < -0.39 is 28.3 Å². The van der Waals surface area contributed by atoms with Crippen LogP contribution in [0.15, 0.2) is 48.5 Å². The molecule has 2 unspecified atom stereocenters. The largest absolute Gasteiger partial charge is 0.453 e. The van der Waals surface area contributed by atoms with Crippen molar-refractivity contribution < 1.29 is 23.1 Å². The van der Waals surface area contributed by atoms with Gasteiger partial charge in [-0.3, -0.25) is 0 Å². The van der Waals surface area contributed by atoms with Crippen LogP contribution in [-0.2, 0) is 21.3 Å². The van der Waals surface area contributed by atoms with Crippen molar-refractivity contribution in [1.82, 2.24) is 13.8 Å². The Morgan fingerprint density at radius 3 is 2.31 bits per heavy atom. The topological polar surface area (TPSA) is 92.1 Å². The molecule has 32 heavy (non-hydrogen) atoms. The third-order valence-electron chi connectivity index (χ3n) is 6.13. The first-order chi connectivity index (χ1) is 15.3. The number of carbonyl (C=O) groups is 1. The lowest BCUT2D eigenvalue weighted by Crippen LogP contribution is -2.53. The quantitative estimate of drug-likeness (QED) is 0.612. The molecule has 172 valence electrons. The number of aliphatic hydroxyl groups excluding tert-OH is 1. The highest BCUT2D eigenvalue weighted by Gasteiger charge is 2.34. The maximum Gasteiger partial charge on any atom is 0.409 e. The van der Waals surface area contributed by atoms with E-state index in [1.807, 2.05) is 53.1 Å². The molecule has 1 aromatic heterocycles. The maximum absolute atomic E-state index is 12.6. The summed E-state index contributed by atoms with van der Waals surface area (Å²) in [7, 11) is -2.28. The Kier molecular flexibility index (Phi) is 6.41. The van der Waals surface area contributed by atoms with Crippen LogP contribution in [0.4, 0.5) is 4.79 Å². The number of fused-ring (bicyclic) bond motifs is 3. The van der Waals surface area contributed by atoms with Gasteiger partial charge >= 0.3 is 6.09 Å². The fourth-order valence-electron chi connectivity index (χ4n) is 4.72. The van der Waals surface area contributed by atoms with Gasteiger partial charge in [-0.2, -0.15) is 4.31 Å². The standard InChI is InChI=1S/C23H29N3O5S/c1-31-23(28)24-13-7-8-17(14-24)26(32(2,29)30)16-18(27)15-25-21-11-5-3-9-19(21)20-10-4-6-12-22(20)25/h3-6,9-12,17-18,27H,7-8,13-16H2,1-2H3. The van der Waals surface area contributed by atoms with Gasteiger partial charge in [0.15, 0.2) is 0 Å². The molecule has 4 rings (SSSR count). The monoisotopic (exact) mass is 459 g/mol. The van der Waals surface area contributed by atoms with E-state index in [0.717, 1.165) is 28.1 Å². The number of amides is 1. The number of piperidine rings is 1. The summed E-state index contributed by atoms with van der Waals surface area (Å²) in [6, 6.07) is 15.6. The number of aromatic nitrogens is 1. The second-order valence-corrected chi connectivity index (χ2v) is 10.3. The lowest BCUT2D eigenvalue weighted by Gasteiger charge is -2.38. The minimum Gasteiger partial charge on any atom is -0.453 e. The van der Waals surface area contributed by atoms with Crippen molar-refractivity contribution in [2.24, 2.45) is 0 Å². The van der Waals surface area contributed by atoms with E-state index in [0.29, 0.717) is 19.4 Å². The number of hydrogen-bond acceptors (Lipinski definition) is 5. The Balaban J connectivity index is 1.59. The van der Waals surface area contributed by atoms with Crippen molar-refractivity contribution in [2.45, 2.75) is 31.5 Å². The van der Waals surface area contributed by atoms with Gasteiger partial charge in [0.1, 0.15) is 0 Å². The fraction of sp³-hybridized carbons (Fsp3) is 0.435. The fourth-order valence-corrected chi connectivity index (χ4v) is 5.87. The average molecular weight is 460 g/mol. The lowest BCUT2D eigenvalue weighted by molar-refractivity contribution is 0.0774. The summed E-state index contributed by atoms with van der Waals surface area (Å²) in [4.78, 5) is 13.5. The molecule has 2 atom stereocenters. The van der Waals surface area contributed by atoms with Crippen LogP contribution in [0, 0.1) is 0 Å². The number of carbonyl (C=O) groups excluding carboxylic acids is 1. The van der Waals surface area contributed by atoms with Crippen LogP contribution in [0.3, 0.4) is 0 Å². The van der Waals surface area contributed by atoms with Crippen LogP contribution < -0.4 is 0 Å². The number of benzene rings is 2. The summed E-state index contributed by atoms with van der Waals surface area (Å²) in [6.07, 6.45) is 1.07. The molecule has 1 fully saturated rings. The van der Waals surface area contributed by atoms with Crippen LogP contribution in [0.5, 0.6) is 0 Å². The van der Waals surface area contributed by atoms with E-state index in [1.54, 1.807) is 0 Å². The zero-order valence-electron chi connectivity index (χ0n) is 18.3. The molecule has 2 heterocycles. The molecule has 2 aromatic carbocycles. The summed E-state index contributed by atoms with van der Waals surface area (Å²) >= 11 is 0. The van der Waals surface area contributed by atoms with Gasteiger partial charge in [0, 0.05) is 47.5 Å². The first kappa shape index (κ1) is 22.6. The predicted octanol–water partition coefficient (Wildman–Crippen LogP) is 2.65. The minimum absolute atomic E-state index is 0.0423. The number of likely N-dealkylation sites (tertiary alicyclic amines) is 1. The highest BCUT2D eigenvalue weighted by Crippen LogP contribution is 2.29. The number of sulfonamides is 1.